The fourth-order valence-corrected chi connectivity index (χ4v) is 9.91. The number of hydrogen-bond acceptors (Lipinski definition) is 3. The van der Waals surface area contributed by atoms with Crippen LogP contribution >= 0.6 is 0 Å². The van der Waals surface area contributed by atoms with Gasteiger partial charge in [0.15, 0.2) is 0 Å². The molecular formula is C65H74N3OPt-. The molecule has 2 aromatic heterocycles. The Morgan fingerprint density at radius 1 is 0.657 bits per heavy atom. The van der Waals surface area contributed by atoms with Gasteiger partial charge in [0.1, 0.15) is 11.6 Å². The molecule has 5 heteroatoms. The average Bonchev–Trinajstić information content (AvgIpc) is 3.76. The Morgan fingerprint density at radius 3 is 1.90 bits per heavy atom. The van der Waals surface area contributed by atoms with Gasteiger partial charge in [-0.05, 0) is 141 Å². The molecule has 8 rings (SSSR count). The second-order valence-electron chi connectivity index (χ2n) is 21.1. The topological polar surface area (TPSA) is 50.9 Å². The number of phenolic OH excluding ortho intramolecular Hbond substituents is 1. The van der Waals surface area contributed by atoms with Crippen molar-refractivity contribution in [1.29, 1.82) is 0 Å². The van der Waals surface area contributed by atoms with Crippen LogP contribution in [0.3, 0.4) is 0 Å². The molecule has 1 N–H and O–H groups in total. The van der Waals surface area contributed by atoms with Crippen LogP contribution in [0, 0.1) is 12.9 Å². The number of aromatic hydroxyl groups is 1. The molecule has 2 heterocycles. The zero-order valence-electron chi connectivity index (χ0n) is 48.6. The summed E-state index contributed by atoms with van der Waals surface area (Å²) in [6.07, 6.45) is 5.48. The van der Waals surface area contributed by atoms with E-state index in [9.17, 15) is 12.0 Å². The number of phenols is 1. The monoisotopic (exact) mass is 1110 g/mol. The molecule has 0 fully saturated rings. The number of nitrogens with zero attached hydrogens (tertiary/aromatic N) is 3. The standard InChI is InChI=1S/C65H74N3O.Pt/c1-15-64(13,16-2)54-27-23-28-55(65(14,17-3)18-4)59(54)46-30-31-57(43(9)34-46)68-58-29-22-26-51(60(58)67-62(68)53-39-47(41(5)6)38-52(42(7)8)61(53)69)48-35-49(37-50(36-48)63(10,11)12)56-40-45(32-33-66-56)44-24-20-19-21-25-44;/h19-34,36-42,69H,15-18H2,1-14H3;/q-1;/i9D3,41D,42D;. The van der Waals surface area contributed by atoms with E-state index in [4.69, 9.17) is 9.97 Å². The van der Waals surface area contributed by atoms with Gasteiger partial charge in [-0.15, -0.1) is 29.3 Å². The van der Waals surface area contributed by atoms with Crippen molar-refractivity contribution < 1.29 is 33.0 Å². The van der Waals surface area contributed by atoms with Crippen LogP contribution in [0.15, 0.2) is 128 Å². The van der Waals surface area contributed by atoms with Gasteiger partial charge in [-0.2, -0.15) is 0 Å². The van der Waals surface area contributed by atoms with Crippen molar-refractivity contribution in [3.8, 4) is 67.5 Å². The summed E-state index contributed by atoms with van der Waals surface area (Å²) in [4.78, 5) is 10.4. The number of rotatable bonds is 14. The number of hydrogen-bond donors (Lipinski definition) is 1. The quantitative estimate of drug-likeness (QED) is 0.110. The van der Waals surface area contributed by atoms with E-state index in [1.165, 1.54) is 11.1 Å². The van der Waals surface area contributed by atoms with E-state index >= 15 is 0 Å². The van der Waals surface area contributed by atoms with Crippen LogP contribution in [0.25, 0.3) is 72.7 Å². The van der Waals surface area contributed by atoms with E-state index in [1.54, 1.807) is 39.8 Å². The van der Waals surface area contributed by atoms with Crippen molar-refractivity contribution in [3.05, 3.63) is 167 Å². The summed E-state index contributed by atoms with van der Waals surface area (Å²) in [6, 6.07) is 44.3. The second-order valence-corrected chi connectivity index (χ2v) is 21.1. The number of benzene rings is 6. The molecule has 0 unspecified atom stereocenters. The van der Waals surface area contributed by atoms with Gasteiger partial charge in [0.05, 0.1) is 22.3 Å². The first-order chi connectivity index (χ1) is 34.7. The van der Waals surface area contributed by atoms with Gasteiger partial charge < -0.3 is 5.11 Å². The molecule has 0 aliphatic rings. The van der Waals surface area contributed by atoms with E-state index in [0.29, 0.717) is 39.2 Å². The molecule has 6 aromatic carbocycles. The van der Waals surface area contributed by atoms with Gasteiger partial charge in [0.25, 0.3) is 0 Å². The SMILES string of the molecule is [2H]C([2H])([2H])c1cc(-c2c(C(C)(CC)CC)cccc2C(C)(CC)CC)ccc1-n1c(-c2cc(C([2H])(C)C)cc(C([2H])(C)C)c2O)nc2c(-c3[c-]c(-c4cc(-c5ccccc5)ccn4)cc(C(C)(C)C)c3)cccc21.[Pt]. The van der Waals surface area contributed by atoms with E-state index in [-0.39, 0.29) is 48.6 Å². The maximum atomic E-state index is 12.5. The Labute approximate surface area is 441 Å². The van der Waals surface area contributed by atoms with E-state index < -0.39 is 18.6 Å². The first-order valence-electron chi connectivity index (χ1n) is 27.5. The van der Waals surface area contributed by atoms with Gasteiger partial charge in [-0.1, -0.05) is 180 Å². The summed E-state index contributed by atoms with van der Waals surface area (Å²) in [7, 11) is 0. The third-order valence-corrected chi connectivity index (χ3v) is 15.3. The molecule has 366 valence electrons. The molecule has 0 aliphatic carbocycles. The molecule has 0 amide bonds. The van der Waals surface area contributed by atoms with E-state index in [0.717, 1.165) is 75.9 Å². The summed E-state index contributed by atoms with van der Waals surface area (Å²) in [6.45, 7) is 24.5. The summed E-state index contributed by atoms with van der Waals surface area (Å²) in [5.74, 6) is -2.24. The molecule has 0 saturated carbocycles. The first kappa shape index (κ1) is 45.6. The predicted octanol–water partition coefficient (Wildman–Crippen LogP) is 18.3. The van der Waals surface area contributed by atoms with Crippen molar-refractivity contribution in [2.45, 2.75) is 151 Å². The number of fused-ring (bicyclic) bond motifs is 1. The number of aryl methyl sites for hydroxylation is 1. The van der Waals surface area contributed by atoms with Crippen molar-refractivity contribution in [3.63, 3.8) is 0 Å². The summed E-state index contributed by atoms with van der Waals surface area (Å²) in [5, 5.41) is 12.5. The van der Waals surface area contributed by atoms with Crippen molar-refractivity contribution >= 4 is 11.0 Å². The largest absolute Gasteiger partial charge is 0.507 e. The van der Waals surface area contributed by atoms with Crippen LogP contribution in [0.2, 0.25) is 0 Å². The van der Waals surface area contributed by atoms with Gasteiger partial charge in [0, 0.05) is 39.8 Å². The smallest absolute Gasteiger partial charge is 0.148 e. The molecule has 0 aliphatic heterocycles. The Hall–Kier alpha value is -5.57. The summed E-state index contributed by atoms with van der Waals surface area (Å²) >= 11 is 0. The minimum absolute atomic E-state index is 0. The Kier molecular flexibility index (Phi) is 13.4. The van der Waals surface area contributed by atoms with Crippen molar-refractivity contribution in [2.24, 2.45) is 0 Å². The molecule has 0 spiro atoms. The van der Waals surface area contributed by atoms with Crippen molar-refractivity contribution in [2.75, 3.05) is 0 Å². The number of para-hydroxylation sites is 1. The molecule has 4 nitrogen and oxygen atoms in total. The molecule has 70 heavy (non-hydrogen) atoms. The minimum Gasteiger partial charge on any atom is -0.507 e. The molecule has 0 atom stereocenters. The van der Waals surface area contributed by atoms with Crippen LogP contribution in [-0.2, 0) is 37.3 Å². The van der Waals surface area contributed by atoms with Gasteiger partial charge >= 0.3 is 0 Å². The second kappa shape index (κ2) is 20.6. The van der Waals surface area contributed by atoms with Crippen molar-refractivity contribution in [1.82, 2.24) is 14.5 Å². The maximum absolute atomic E-state index is 12.5. The average molecular weight is 1110 g/mol. The third kappa shape index (κ3) is 9.75. The van der Waals surface area contributed by atoms with E-state index in [2.05, 4.69) is 123 Å². The minimum atomic E-state index is -2.60. The van der Waals surface area contributed by atoms with Crippen LogP contribution in [-0.4, -0.2) is 19.6 Å². The maximum Gasteiger partial charge on any atom is 0.148 e. The summed E-state index contributed by atoms with van der Waals surface area (Å²) in [5.41, 5.74) is 13.0. The first-order valence-corrected chi connectivity index (χ1v) is 25.0. The molecule has 0 saturated heterocycles. The molecule has 0 radical (unpaired) electrons. The number of pyridine rings is 1. The van der Waals surface area contributed by atoms with Gasteiger partial charge in [-0.3, -0.25) is 9.55 Å². The van der Waals surface area contributed by atoms with Gasteiger partial charge in [-0.25, -0.2) is 4.98 Å². The third-order valence-electron chi connectivity index (χ3n) is 15.3. The fraction of sp³-hybridized carbons (Fsp3) is 0.354. The predicted molar refractivity (Wildman–Crippen MR) is 294 cm³/mol. The van der Waals surface area contributed by atoms with Gasteiger partial charge in [0.2, 0.25) is 0 Å². The van der Waals surface area contributed by atoms with Crippen LogP contribution in [0.4, 0.5) is 0 Å². The zero-order chi connectivity index (χ0) is 53.9. The Morgan fingerprint density at radius 2 is 1.30 bits per heavy atom. The fourth-order valence-electron chi connectivity index (χ4n) is 9.91. The number of aromatic nitrogens is 3. The Bertz CT molecular complexity index is 3330. The molecular weight excluding hydrogens is 1030 g/mol. The number of imidazole rings is 1. The zero-order valence-corrected chi connectivity index (χ0v) is 45.8. The Balaban J connectivity index is 0.00000820. The van der Waals surface area contributed by atoms with Crippen LogP contribution < -0.4 is 0 Å². The normalized spacial score (nSPS) is 13.8. The van der Waals surface area contributed by atoms with E-state index in [1.807, 2.05) is 65.4 Å². The molecule has 0 bridgehead atoms. The summed E-state index contributed by atoms with van der Waals surface area (Å²) < 4.78 is 48.4. The van der Waals surface area contributed by atoms with Crippen LogP contribution in [0.1, 0.15) is 168 Å². The molecule has 8 aromatic rings. The van der Waals surface area contributed by atoms with Crippen LogP contribution in [0.5, 0.6) is 5.75 Å².